The van der Waals surface area contributed by atoms with Gasteiger partial charge in [-0.2, -0.15) is 0 Å². The summed E-state index contributed by atoms with van der Waals surface area (Å²) in [5.41, 5.74) is 2.33. The van der Waals surface area contributed by atoms with E-state index in [9.17, 15) is 14.7 Å². The number of amides is 1. The van der Waals surface area contributed by atoms with E-state index >= 15 is 0 Å². The van der Waals surface area contributed by atoms with Crippen LogP contribution in [0.5, 0.6) is 5.75 Å². The van der Waals surface area contributed by atoms with Crippen LogP contribution in [0.3, 0.4) is 0 Å². The molecule has 1 aromatic rings. The molecule has 0 radical (unpaired) electrons. The number of aryl methyl sites for hydroxylation is 1. The highest BCUT2D eigenvalue weighted by Crippen LogP contribution is 2.28. The Labute approximate surface area is 91.4 Å². The minimum absolute atomic E-state index is 0.235. The van der Waals surface area contributed by atoms with E-state index < -0.39 is 11.5 Å². The molecule has 0 aliphatic heterocycles. The van der Waals surface area contributed by atoms with Gasteiger partial charge in [-0.15, -0.1) is 0 Å². The van der Waals surface area contributed by atoms with Gasteiger partial charge in [0.05, 0.1) is 0 Å². The van der Waals surface area contributed by atoms with Crippen molar-refractivity contribution in [3.63, 3.8) is 0 Å². The van der Waals surface area contributed by atoms with Crippen LogP contribution in [0.4, 0.5) is 0 Å². The highest BCUT2D eigenvalue weighted by Gasteiger charge is 2.23. The number of nitrogens with two attached hydrogens (primary N) is 1. The molecule has 1 aliphatic rings. The molecule has 0 unspecified atom stereocenters. The van der Waals surface area contributed by atoms with Crippen molar-refractivity contribution >= 4 is 5.91 Å². The number of fused-ring (bicyclic) bond motifs is 1. The van der Waals surface area contributed by atoms with Gasteiger partial charge < -0.3 is 10.1 Å². The van der Waals surface area contributed by atoms with Crippen LogP contribution in [0, 0.1) is 0 Å². The molecular weight excluding hydrogens is 210 g/mol. The maximum atomic E-state index is 11.6. The molecule has 0 bridgehead atoms. The molecule has 0 spiro atoms. The zero-order valence-corrected chi connectivity index (χ0v) is 8.67. The quantitative estimate of drug-likeness (QED) is 0.294. The number of hydrazine groups is 1. The van der Waals surface area contributed by atoms with Crippen molar-refractivity contribution < 1.29 is 9.90 Å². The highest BCUT2D eigenvalue weighted by atomic mass is 16.3. The molecule has 1 heterocycles. The van der Waals surface area contributed by atoms with Crippen molar-refractivity contribution in [1.29, 1.82) is 0 Å². The lowest BCUT2D eigenvalue weighted by atomic mass is 9.94. The van der Waals surface area contributed by atoms with Crippen LogP contribution in [0.25, 0.3) is 0 Å². The second-order valence-electron chi connectivity index (χ2n) is 3.82. The topological polar surface area (TPSA) is 108 Å². The molecule has 1 aliphatic carbocycles. The van der Waals surface area contributed by atoms with E-state index in [0.29, 0.717) is 12.0 Å². The molecule has 5 N–H and O–H groups in total. The van der Waals surface area contributed by atoms with Crippen molar-refractivity contribution in [2.75, 3.05) is 0 Å². The Kier molecular flexibility index (Phi) is 2.66. The maximum absolute atomic E-state index is 11.6. The molecule has 0 saturated carbocycles. The van der Waals surface area contributed by atoms with Crippen LogP contribution in [-0.2, 0) is 12.8 Å². The minimum Gasteiger partial charge on any atom is -0.507 e. The second kappa shape index (κ2) is 3.97. The number of nitrogens with one attached hydrogen (secondary N) is 2. The normalized spacial score (nSPS) is 14.3. The lowest BCUT2D eigenvalue weighted by Gasteiger charge is -2.17. The molecule has 6 heteroatoms. The van der Waals surface area contributed by atoms with Crippen molar-refractivity contribution in [3.8, 4) is 5.75 Å². The predicted octanol–water partition coefficient (Wildman–Crippen LogP) is -0.437. The fourth-order valence-electron chi connectivity index (χ4n) is 2.05. The summed E-state index contributed by atoms with van der Waals surface area (Å²) in [6.45, 7) is 0. The number of aromatic hydroxyl groups is 1. The van der Waals surface area contributed by atoms with E-state index in [4.69, 9.17) is 5.84 Å². The predicted molar refractivity (Wildman–Crippen MR) is 57.0 cm³/mol. The third-order valence-electron chi connectivity index (χ3n) is 2.84. The van der Waals surface area contributed by atoms with Crippen molar-refractivity contribution in [2.45, 2.75) is 25.7 Å². The summed E-state index contributed by atoms with van der Waals surface area (Å²) in [6, 6.07) is 0. The van der Waals surface area contributed by atoms with E-state index in [-0.39, 0.29) is 11.3 Å². The van der Waals surface area contributed by atoms with E-state index in [1.54, 1.807) is 0 Å². The van der Waals surface area contributed by atoms with Gasteiger partial charge in [0, 0.05) is 11.3 Å². The second-order valence-corrected chi connectivity index (χ2v) is 3.82. The molecule has 0 fully saturated rings. The first kappa shape index (κ1) is 10.7. The van der Waals surface area contributed by atoms with Gasteiger partial charge in [0.25, 0.3) is 11.5 Å². The van der Waals surface area contributed by atoms with Gasteiger partial charge in [-0.05, 0) is 25.7 Å². The molecule has 16 heavy (non-hydrogen) atoms. The van der Waals surface area contributed by atoms with Crippen LogP contribution in [-0.4, -0.2) is 16.0 Å². The summed E-state index contributed by atoms with van der Waals surface area (Å²) < 4.78 is 0. The van der Waals surface area contributed by atoms with E-state index in [1.165, 1.54) is 0 Å². The summed E-state index contributed by atoms with van der Waals surface area (Å²) in [6.07, 6.45) is 3.31. The number of hydrogen-bond acceptors (Lipinski definition) is 4. The Morgan fingerprint density at radius 3 is 2.75 bits per heavy atom. The Hall–Kier alpha value is -1.82. The Bertz CT molecular complexity index is 493. The third kappa shape index (κ3) is 1.57. The molecule has 0 aromatic carbocycles. The van der Waals surface area contributed by atoms with E-state index in [1.807, 2.05) is 5.43 Å². The third-order valence-corrected chi connectivity index (χ3v) is 2.84. The van der Waals surface area contributed by atoms with Gasteiger partial charge in [-0.25, -0.2) is 5.84 Å². The SMILES string of the molecule is NNC(=O)c1c(O)c2c([nH]c1=O)CCCC2. The number of pyridine rings is 1. The zero-order valence-electron chi connectivity index (χ0n) is 8.67. The lowest BCUT2D eigenvalue weighted by Crippen LogP contribution is -2.35. The molecule has 6 nitrogen and oxygen atoms in total. The van der Waals surface area contributed by atoms with E-state index in [2.05, 4.69) is 4.98 Å². The summed E-state index contributed by atoms with van der Waals surface area (Å²) in [5.74, 6) is 3.95. The Balaban J connectivity index is 2.63. The van der Waals surface area contributed by atoms with Crippen LogP contribution in [0.2, 0.25) is 0 Å². The van der Waals surface area contributed by atoms with Gasteiger partial charge >= 0.3 is 0 Å². The Morgan fingerprint density at radius 2 is 2.06 bits per heavy atom. The molecule has 1 amide bonds. The number of aromatic amines is 1. The van der Waals surface area contributed by atoms with Gasteiger partial charge in [-0.1, -0.05) is 0 Å². The smallest absolute Gasteiger partial charge is 0.274 e. The van der Waals surface area contributed by atoms with Crippen LogP contribution in [0.1, 0.15) is 34.5 Å². The van der Waals surface area contributed by atoms with Crippen molar-refractivity contribution in [2.24, 2.45) is 5.84 Å². The van der Waals surface area contributed by atoms with Gasteiger partial charge in [0.2, 0.25) is 0 Å². The van der Waals surface area contributed by atoms with Crippen LogP contribution >= 0.6 is 0 Å². The molecule has 1 aromatic heterocycles. The number of hydrogen-bond donors (Lipinski definition) is 4. The molecular formula is C10H13N3O3. The first-order chi connectivity index (χ1) is 7.65. The largest absolute Gasteiger partial charge is 0.507 e. The summed E-state index contributed by atoms with van der Waals surface area (Å²) in [4.78, 5) is 25.5. The number of H-pyrrole nitrogens is 1. The summed E-state index contributed by atoms with van der Waals surface area (Å²) in [7, 11) is 0. The molecule has 86 valence electrons. The van der Waals surface area contributed by atoms with Crippen molar-refractivity contribution in [3.05, 3.63) is 27.2 Å². The average molecular weight is 223 g/mol. The molecule has 0 saturated heterocycles. The number of rotatable bonds is 1. The molecule has 0 atom stereocenters. The summed E-state index contributed by atoms with van der Waals surface area (Å²) >= 11 is 0. The maximum Gasteiger partial charge on any atom is 0.274 e. The summed E-state index contributed by atoms with van der Waals surface area (Å²) in [5, 5.41) is 9.88. The number of carbonyl (C=O) groups is 1. The first-order valence-corrected chi connectivity index (χ1v) is 5.13. The molecule has 2 rings (SSSR count). The monoisotopic (exact) mass is 223 g/mol. The standard InChI is InChI=1S/C10H13N3O3/c11-13-10(16)7-8(14)5-3-1-2-4-6(5)12-9(7)15/h1-4,11H2,(H,13,16)(H2,12,14,15). The van der Waals surface area contributed by atoms with Gasteiger partial charge in [-0.3, -0.25) is 15.0 Å². The number of carbonyl (C=O) groups excluding carboxylic acids is 1. The van der Waals surface area contributed by atoms with Gasteiger partial charge in [0.15, 0.2) is 0 Å². The Morgan fingerprint density at radius 1 is 1.38 bits per heavy atom. The lowest BCUT2D eigenvalue weighted by molar-refractivity contribution is 0.0949. The minimum atomic E-state index is -0.771. The van der Waals surface area contributed by atoms with Crippen molar-refractivity contribution in [1.82, 2.24) is 10.4 Å². The average Bonchev–Trinajstić information content (AvgIpc) is 2.28. The van der Waals surface area contributed by atoms with Crippen LogP contribution in [0.15, 0.2) is 4.79 Å². The number of nitrogen functional groups attached to an aromatic ring is 1. The fourth-order valence-corrected chi connectivity index (χ4v) is 2.05. The van der Waals surface area contributed by atoms with E-state index in [0.717, 1.165) is 25.0 Å². The van der Waals surface area contributed by atoms with Gasteiger partial charge in [0.1, 0.15) is 11.3 Å². The highest BCUT2D eigenvalue weighted by molar-refractivity contribution is 5.96. The number of aromatic nitrogens is 1. The fraction of sp³-hybridized carbons (Fsp3) is 0.400. The van der Waals surface area contributed by atoms with Crippen LogP contribution < -0.4 is 16.8 Å². The first-order valence-electron chi connectivity index (χ1n) is 5.13. The zero-order chi connectivity index (χ0) is 11.7.